The van der Waals surface area contributed by atoms with Crippen LogP contribution < -0.4 is 0 Å². The molecule has 0 radical (unpaired) electrons. The number of ether oxygens (including phenoxy) is 2. The van der Waals surface area contributed by atoms with Crippen LogP contribution in [0.15, 0.2) is 30.3 Å². The molecule has 1 fully saturated rings. The molecule has 21 heavy (non-hydrogen) atoms. The van der Waals surface area contributed by atoms with E-state index >= 15 is 0 Å². The third-order valence-corrected chi connectivity index (χ3v) is 3.64. The fraction of sp³-hybridized carbons (Fsp3) is 0.562. The number of hydrogen-bond donors (Lipinski definition) is 1. The summed E-state index contributed by atoms with van der Waals surface area (Å²) in [4.78, 5) is 13.9. The van der Waals surface area contributed by atoms with Crippen molar-refractivity contribution in [2.24, 2.45) is 0 Å². The van der Waals surface area contributed by atoms with Gasteiger partial charge < -0.3 is 14.6 Å². The monoisotopic (exact) mass is 293 g/mol. The predicted octanol–water partition coefficient (Wildman–Crippen LogP) is 2.18. The van der Waals surface area contributed by atoms with Crippen molar-refractivity contribution < 1.29 is 19.4 Å². The Kier molecular flexibility index (Phi) is 5.59. The van der Waals surface area contributed by atoms with Crippen molar-refractivity contribution in [1.82, 2.24) is 4.90 Å². The molecule has 1 aromatic rings. The Balaban J connectivity index is 1.97. The van der Waals surface area contributed by atoms with E-state index < -0.39 is 12.2 Å². The molecule has 116 valence electrons. The summed E-state index contributed by atoms with van der Waals surface area (Å²) in [6.07, 6.45) is -0.258. The van der Waals surface area contributed by atoms with Gasteiger partial charge in [-0.2, -0.15) is 0 Å². The van der Waals surface area contributed by atoms with E-state index in [9.17, 15) is 9.90 Å². The normalized spacial score (nSPS) is 22.8. The fourth-order valence-electron chi connectivity index (χ4n) is 2.56. The fourth-order valence-corrected chi connectivity index (χ4v) is 2.56. The van der Waals surface area contributed by atoms with Crippen LogP contribution in [0.25, 0.3) is 0 Å². The first kappa shape index (κ1) is 15.8. The van der Waals surface area contributed by atoms with Gasteiger partial charge in [0.25, 0.3) is 0 Å². The molecule has 0 bridgehead atoms. The topological polar surface area (TPSA) is 59.0 Å². The second-order valence-corrected chi connectivity index (χ2v) is 5.47. The van der Waals surface area contributed by atoms with Crippen molar-refractivity contribution in [3.05, 3.63) is 35.9 Å². The van der Waals surface area contributed by atoms with Crippen LogP contribution in [0.1, 0.15) is 25.8 Å². The average Bonchev–Trinajstić information content (AvgIpc) is 2.89. The van der Waals surface area contributed by atoms with Gasteiger partial charge in [-0.05, 0) is 25.8 Å². The highest BCUT2D eigenvalue weighted by Crippen LogP contribution is 2.21. The molecule has 1 N–H and O–H groups in total. The zero-order valence-electron chi connectivity index (χ0n) is 12.6. The lowest BCUT2D eigenvalue weighted by atomic mass is 10.1. The van der Waals surface area contributed by atoms with Gasteiger partial charge >= 0.3 is 6.09 Å². The summed E-state index contributed by atoms with van der Waals surface area (Å²) in [7, 11) is 0. The molecule has 0 spiro atoms. The Morgan fingerprint density at radius 2 is 2.19 bits per heavy atom. The van der Waals surface area contributed by atoms with E-state index in [4.69, 9.17) is 9.47 Å². The summed E-state index contributed by atoms with van der Waals surface area (Å²) in [6, 6.07) is 9.51. The van der Waals surface area contributed by atoms with Crippen LogP contribution in [0.5, 0.6) is 0 Å². The first-order chi connectivity index (χ1) is 10.1. The van der Waals surface area contributed by atoms with E-state index in [0.29, 0.717) is 6.61 Å². The van der Waals surface area contributed by atoms with Gasteiger partial charge in [-0.15, -0.1) is 0 Å². The number of benzene rings is 1. The Labute approximate surface area is 125 Å². The van der Waals surface area contributed by atoms with Crippen molar-refractivity contribution in [3.8, 4) is 0 Å². The van der Waals surface area contributed by atoms with Gasteiger partial charge in [0.2, 0.25) is 0 Å². The molecule has 5 nitrogen and oxygen atoms in total. The maximum Gasteiger partial charge on any atom is 0.410 e. The van der Waals surface area contributed by atoms with Crippen molar-refractivity contribution in [2.45, 2.75) is 45.1 Å². The first-order valence-corrected chi connectivity index (χ1v) is 7.35. The molecule has 3 unspecified atom stereocenters. The summed E-state index contributed by atoms with van der Waals surface area (Å²) in [6.45, 7) is 4.73. The molecule has 1 amide bonds. The molecule has 1 aliphatic rings. The first-order valence-electron chi connectivity index (χ1n) is 7.35. The third kappa shape index (κ3) is 4.44. The van der Waals surface area contributed by atoms with Crippen LogP contribution in [0.2, 0.25) is 0 Å². The Morgan fingerprint density at radius 3 is 2.76 bits per heavy atom. The van der Waals surface area contributed by atoms with Gasteiger partial charge in [0, 0.05) is 6.61 Å². The summed E-state index contributed by atoms with van der Waals surface area (Å²) in [5.74, 6) is 0. The second-order valence-electron chi connectivity index (χ2n) is 5.47. The molecule has 1 heterocycles. The average molecular weight is 293 g/mol. The molecule has 0 saturated carbocycles. The van der Waals surface area contributed by atoms with Crippen LogP contribution in [0.4, 0.5) is 4.79 Å². The van der Waals surface area contributed by atoms with Gasteiger partial charge in [0.1, 0.15) is 6.61 Å². The van der Waals surface area contributed by atoms with E-state index in [0.717, 1.165) is 12.0 Å². The molecule has 1 aliphatic heterocycles. The summed E-state index contributed by atoms with van der Waals surface area (Å²) < 4.78 is 10.9. The Hall–Kier alpha value is -1.59. The van der Waals surface area contributed by atoms with E-state index in [2.05, 4.69) is 0 Å². The lowest BCUT2D eigenvalue weighted by Gasteiger charge is -2.31. The Bertz CT molecular complexity index is 449. The highest BCUT2D eigenvalue weighted by atomic mass is 16.6. The van der Waals surface area contributed by atoms with Crippen LogP contribution in [0.3, 0.4) is 0 Å². The maximum absolute atomic E-state index is 12.3. The minimum Gasteiger partial charge on any atom is -0.445 e. The molecule has 1 aromatic carbocycles. The number of hydrogen-bond acceptors (Lipinski definition) is 4. The van der Waals surface area contributed by atoms with Crippen molar-refractivity contribution in [3.63, 3.8) is 0 Å². The minimum atomic E-state index is -0.595. The number of carbonyl (C=O) groups excluding carboxylic acids is 1. The standard InChI is InChI=1S/C16H23NO4/c1-12(18)10-17(15-8-9-20-13(15)2)16(19)21-11-14-6-4-3-5-7-14/h3-7,12-13,15,18H,8-11H2,1-2H3. The lowest BCUT2D eigenvalue weighted by molar-refractivity contribution is 0.0319. The van der Waals surface area contributed by atoms with E-state index in [1.807, 2.05) is 37.3 Å². The molecule has 5 heteroatoms. The number of nitrogens with zero attached hydrogens (tertiary/aromatic N) is 1. The predicted molar refractivity (Wildman–Crippen MR) is 78.8 cm³/mol. The maximum atomic E-state index is 12.3. The molecule has 0 aliphatic carbocycles. The summed E-state index contributed by atoms with van der Waals surface area (Å²) >= 11 is 0. The second kappa shape index (κ2) is 7.43. The molecule has 0 aromatic heterocycles. The largest absolute Gasteiger partial charge is 0.445 e. The Morgan fingerprint density at radius 1 is 1.48 bits per heavy atom. The van der Waals surface area contributed by atoms with Crippen LogP contribution in [-0.4, -0.2) is 47.5 Å². The SMILES string of the molecule is CC(O)CN(C(=O)OCc1ccccc1)C1CCOC1C. The quantitative estimate of drug-likeness (QED) is 0.904. The number of amides is 1. The van der Waals surface area contributed by atoms with Crippen LogP contribution in [-0.2, 0) is 16.1 Å². The molecular formula is C16H23NO4. The molecule has 2 rings (SSSR count). The van der Waals surface area contributed by atoms with E-state index in [1.54, 1.807) is 11.8 Å². The zero-order valence-corrected chi connectivity index (χ0v) is 12.6. The van der Waals surface area contributed by atoms with Crippen LogP contribution >= 0.6 is 0 Å². The minimum absolute atomic E-state index is 0.0342. The lowest BCUT2D eigenvalue weighted by Crippen LogP contribution is -2.47. The summed E-state index contributed by atoms with van der Waals surface area (Å²) in [5, 5.41) is 9.61. The number of rotatable bonds is 5. The van der Waals surface area contributed by atoms with Gasteiger partial charge in [-0.25, -0.2) is 4.79 Å². The van der Waals surface area contributed by atoms with Crippen molar-refractivity contribution in [1.29, 1.82) is 0 Å². The number of aliphatic hydroxyl groups excluding tert-OH is 1. The van der Waals surface area contributed by atoms with Gasteiger partial charge in [0.15, 0.2) is 0 Å². The number of aliphatic hydroxyl groups is 1. The van der Waals surface area contributed by atoms with E-state index in [1.165, 1.54) is 0 Å². The smallest absolute Gasteiger partial charge is 0.410 e. The van der Waals surface area contributed by atoms with Crippen LogP contribution in [0, 0.1) is 0 Å². The molecular weight excluding hydrogens is 270 g/mol. The number of carbonyl (C=O) groups is 1. The molecule has 3 atom stereocenters. The van der Waals surface area contributed by atoms with Gasteiger partial charge in [0.05, 0.1) is 24.8 Å². The third-order valence-electron chi connectivity index (χ3n) is 3.64. The highest BCUT2D eigenvalue weighted by Gasteiger charge is 2.34. The highest BCUT2D eigenvalue weighted by molar-refractivity contribution is 5.68. The van der Waals surface area contributed by atoms with Gasteiger partial charge in [-0.1, -0.05) is 30.3 Å². The molecule has 1 saturated heterocycles. The van der Waals surface area contributed by atoms with E-state index in [-0.39, 0.29) is 25.3 Å². The van der Waals surface area contributed by atoms with Crippen molar-refractivity contribution >= 4 is 6.09 Å². The summed E-state index contributed by atoms with van der Waals surface area (Å²) in [5.41, 5.74) is 0.943. The van der Waals surface area contributed by atoms with Gasteiger partial charge in [-0.3, -0.25) is 4.90 Å². The zero-order chi connectivity index (χ0) is 15.2. The van der Waals surface area contributed by atoms with Crippen molar-refractivity contribution in [2.75, 3.05) is 13.2 Å².